The largest absolute Gasteiger partial charge is 0.508 e. The van der Waals surface area contributed by atoms with Gasteiger partial charge in [-0.05, 0) is 189 Å². The van der Waals surface area contributed by atoms with Crippen LogP contribution in [-0.4, -0.2) is 275 Å². The number of phenolic OH excluding ortho intramolecular Hbond substituents is 1. The lowest BCUT2D eigenvalue weighted by atomic mass is 9.96. The van der Waals surface area contributed by atoms with Crippen molar-refractivity contribution in [2.75, 3.05) is 44.8 Å². The zero-order valence-corrected chi connectivity index (χ0v) is 80.0. The van der Waals surface area contributed by atoms with Gasteiger partial charge in [-0.3, -0.25) is 91.3 Å². The summed E-state index contributed by atoms with van der Waals surface area (Å²) in [5.41, 5.74) is 51.4. The van der Waals surface area contributed by atoms with Gasteiger partial charge in [-0.1, -0.05) is 87.8 Å². The smallest absolute Gasteiger partial charge is 0.326 e. The first kappa shape index (κ1) is 120. The average molecular weight is 1920 g/mol. The maximum Gasteiger partial charge on any atom is 0.326 e. The van der Waals surface area contributed by atoms with Crippen LogP contribution in [0.5, 0.6) is 5.75 Å². The van der Waals surface area contributed by atoms with Crippen LogP contribution in [0.2, 0.25) is 0 Å². The van der Waals surface area contributed by atoms with Gasteiger partial charge in [0.25, 0.3) is 0 Å². The molecular formula is C86H151N25O22S. The van der Waals surface area contributed by atoms with Crippen molar-refractivity contribution in [2.24, 2.45) is 86.2 Å². The van der Waals surface area contributed by atoms with E-state index in [-0.39, 0.29) is 139 Å². The Balaban J connectivity index is 3.76. The number of nitrogens with one attached hydrogen (secondary N) is 15. The number of hydrogen-bond donors (Lipinski definition) is 27. The zero-order valence-electron chi connectivity index (χ0n) is 79.2. The molecule has 0 aliphatic carbocycles. The lowest BCUT2D eigenvalue weighted by Crippen LogP contribution is -2.62. The Labute approximate surface area is 786 Å². The molecule has 0 fully saturated rings. The highest BCUT2D eigenvalue weighted by molar-refractivity contribution is 7.98. The molecular weight excluding hydrogens is 1770 g/mol. The third kappa shape index (κ3) is 47.8. The van der Waals surface area contributed by atoms with Crippen LogP contribution in [0, 0.1) is 29.6 Å². The molecule has 0 aromatic heterocycles. The van der Waals surface area contributed by atoms with Gasteiger partial charge >= 0.3 is 5.97 Å². The number of nitrogens with zero attached hydrogens (tertiary/aromatic N) is 1. The van der Waals surface area contributed by atoms with Gasteiger partial charge in [0, 0.05) is 19.4 Å². The highest BCUT2D eigenvalue weighted by Crippen LogP contribution is 2.19. The van der Waals surface area contributed by atoms with Crippen LogP contribution >= 0.6 is 11.8 Å². The molecule has 47 nitrogen and oxygen atoms in total. The van der Waals surface area contributed by atoms with Gasteiger partial charge in [0.05, 0.1) is 25.5 Å². The number of amides is 18. The van der Waals surface area contributed by atoms with Crippen molar-refractivity contribution in [2.45, 2.75) is 308 Å². The van der Waals surface area contributed by atoms with Gasteiger partial charge in [0.15, 0.2) is 5.96 Å². The molecule has 758 valence electrons. The Morgan fingerprint density at radius 3 is 1.13 bits per heavy atom. The number of hydrogen-bond acceptors (Lipinski definition) is 27. The average Bonchev–Trinajstić information content (AvgIpc) is 0.846. The minimum atomic E-state index is -1.93. The fourth-order valence-electron chi connectivity index (χ4n) is 13.6. The minimum Gasteiger partial charge on any atom is -0.508 e. The third-order valence-corrected chi connectivity index (χ3v) is 21.9. The molecule has 1 aromatic rings. The second-order valence-electron chi connectivity index (χ2n) is 34.9. The molecule has 1 rings (SSSR count). The van der Waals surface area contributed by atoms with E-state index in [4.69, 9.17) is 51.6 Å². The van der Waals surface area contributed by atoms with E-state index in [1.807, 2.05) is 13.8 Å². The molecule has 0 heterocycles. The summed E-state index contributed by atoms with van der Waals surface area (Å²) in [6.45, 7) is 17.5. The first-order valence-electron chi connectivity index (χ1n) is 45.4. The van der Waals surface area contributed by atoms with Crippen molar-refractivity contribution < 1.29 is 106 Å². The molecule has 0 radical (unpaired) electrons. The molecule has 18 amide bonds. The standard InChI is InChI=1S/C86H151N25O22S/c1-13-48(10)69(84(131)107-60(39-46(6)7)79(126)108-63(85(132)133)42-67(93)116)111-82(129)64(43-112)109-81(128)62(41-66(92)115)106-78(125)59(38-45(4)5)104-80(127)61(40-50-25-27-51(113)28-26-50)105-76(123)54(22-15-18-33-88)100-74(121)55(23-16-19-34-89)103-83(130)68(47(8)9)110-70(117)49(11)97-72(119)58(31-36-134-12)102-77(124)57(29-30-65(91)114)101-73(120)53(21-14-17-32-87)99-75(122)56(24-20-35-96-86(94)95)98-71(118)52(90)37-44(2)3/h25-28,44-49,52-64,68-69,112-113H,13-24,29-43,87-90H2,1-12H3,(H2,91,114)(H2,92,115)(H2,93,116)(H,97,119)(H,98,118)(H,99,122)(H,100,121)(H,101,120)(H,102,124)(H,103,130)(H,104,127)(H,105,123)(H,106,125)(H,107,131)(H,108,126)(H,109,128)(H,110,117)(H,111,129)(H,132,133)(H4,94,95,96)/t48-,49-,52-,53-,54-,55-,56-,57-,58-,59-,60-,61-,62-,63-,64-,68-,69-/m0/s1. The number of carbonyl (C=O) groups is 19. The number of aromatic hydroxyl groups is 1. The van der Waals surface area contributed by atoms with Gasteiger partial charge < -0.3 is 147 Å². The number of unbranched alkanes of at least 4 members (excludes halogenated alkanes) is 3. The van der Waals surface area contributed by atoms with E-state index in [1.54, 1.807) is 61.6 Å². The van der Waals surface area contributed by atoms with E-state index in [1.165, 1.54) is 43.0 Å². The van der Waals surface area contributed by atoms with Gasteiger partial charge in [-0.2, -0.15) is 11.8 Å². The van der Waals surface area contributed by atoms with Crippen LogP contribution in [0.4, 0.5) is 0 Å². The van der Waals surface area contributed by atoms with Crippen molar-refractivity contribution in [1.82, 2.24) is 79.8 Å². The predicted molar refractivity (Wildman–Crippen MR) is 499 cm³/mol. The highest BCUT2D eigenvalue weighted by atomic mass is 32.2. The molecule has 48 heteroatoms. The number of carboxylic acid groups (broad SMARTS) is 1. The van der Waals surface area contributed by atoms with E-state index in [0.29, 0.717) is 31.2 Å². The quantitative estimate of drug-likeness (QED) is 0.0164. The number of phenols is 1. The molecule has 0 saturated heterocycles. The van der Waals surface area contributed by atoms with E-state index in [0.717, 1.165) is 0 Å². The number of aliphatic hydroxyl groups excluding tert-OH is 1. The first-order valence-corrected chi connectivity index (χ1v) is 46.8. The maximum absolute atomic E-state index is 14.9. The number of carboxylic acids is 1. The number of carbonyl (C=O) groups excluding carboxylic acids is 18. The fourth-order valence-corrected chi connectivity index (χ4v) is 14.1. The number of thioether (sulfide) groups is 1. The molecule has 0 unspecified atom stereocenters. The number of aliphatic hydroxyl groups is 1. The number of nitrogens with two attached hydrogens (primary N) is 9. The number of guanidine groups is 1. The van der Waals surface area contributed by atoms with E-state index in [2.05, 4.69) is 84.7 Å². The SMILES string of the molecule is CC[C@H](C)[C@H](NC(=O)[C@H](CO)NC(=O)[C@H](CC(N)=O)NC(=O)[C@H](CC(C)C)NC(=O)[C@H](Cc1ccc(O)cc1)NC(=O)[C@H](CCCCN)NC(=O)[C@H](CCCCN)NC(=O)[C@@H](NC(=O)[C@H](C)NC(=O)[C@H](CCSC)NC(=O)[C@H](CCC(N)=O)NC(=O)[C@H](CCCCN)NC(=O)[C@H](CCCN=C(N)N)NC(=O)[C@@H](N)CC(C)C)C(C)C)C(=O)N[C@@H](CC(C)C)C(=O)N[C@@H](CC(N)=O)C(=O)O. The molecule has 0 aliphatic rings. The number of aliphatic carboxylic acids is 1. The molecule has 36 N–H and O–H groups in total. The lowest BCUT2D eigenvalue weighted by Gasteiger charge is -2.29. The summed E-state index contributed by atoms with van der Waals surface area (Å²) >= 11 is 1.29. The number of benzene rings is 1. The van der Waals surface area contributed by atoms with Gasteiger partial charge in [-0.25, -0.2) is 4.79 Å². The topological polar surface area (TPSA) is 812 Å². The van der Waals surface area contributed by atoms with Crippen molar-refractivity contribution in [1.29, 1.82) is 0 Å². The Morgan fingerprint density at radius 2 is 0.716 bits per heavy atom. The Kier molecular flexibility index (Phi) is 57.8. The minimum absolute atomic E-state index is 0.00310. The van der Waals surface area contributed by atoms with Crippen LogP contribution in [0.25, 0.3) is 0 Å². The predicted octanol–water partition coefficient (Wildman–Crippen LogP) is -6.32. The van der Waals surface area contributed by atoms with Crippen LogP contribution in [-0.2, 0) is 97.5 Å². The Hall–Kier alpha value is -11.6. The van der Waals surface area contributed by atoms with Crippen LogP contribution in [0.15, 0.2) is 29.3 Å². The third-order valence-electron chi connectivity index (χ3n) is 21.3. The molecule has 134 heavy (non-hydrogen) atoms. The van der Waals surface area contributed by atoms with Gasteiger partial charge in [0.2, 0.25) is 106 Å². The van der Waals surface area contributed by atoms with Crippen LogP contribution in [0.3, 0.4) is 0 Å². The molecule has 0 saturated carbocycles. The van der Waals surface area contributed by atoms with Crippen molar-refractivity contribution in [3.05, 3.63) is 29.8 Å². The summed E-state index contributed by atoms with van der Waals surface area (Å²) in [7, 11) is 0. The maximum atomic E-state index is 14.9. The molecule has 0 spiro atoms. The van der Waals surface area contributed by atoms with Crippen molar-refractivity contribution in [3.63, 3.8) is 0 Å². The zero-order chi connectivity index (χ0) is 102. The second kappa shape index (κ2) is 64.3. The Bertz CT molecular complexity index is 4030. The summed E-state index contributed by atoms with van der Waals surface area (Å²) in [6, 6.07) is -18.7. The number of aliphatic imine (C=N–C) groups is 1. The highest BCUT2D eigenvalue weighted by Gasteiger charge is 2.41. The van der Waals surface area contributed by atoms with Gasteiger partial charge in [0.1, 0.15) is 96.4 Å². The fraction of sp³-hybridized carbons (Fsp3) is 0.698. The Morgan fingerprint density at radius 1 is 0.373 bits per heavy atom. The normalized spacial score (nSPS) is 15.1. The lowest BCUT2D eigenvalue weighted by molar-refractivity contribution is -0.144. The molecule has 17 atom stereocenters. The van der Waals surface area contributed by atoms with Gasteiger partial charge in [-0.15, -0.1) is 0 Å². The van der Waals surface area contributed by atoms with Crippen LogP contribution < -0.4 is 131 Å². The molecule has 1 aromatic carbocycles. The second-order valence-corrected chi connectivity index (χ2v) is 35.9. The summed E-state index contributed by atoms with van der Waals surface area (Å²) in [5.74, 6) is -21.3. The first-order chi connectivity index (χ1) is 63.0. The van der Waals surface area contributed by atoms with E-state index in [9.17, 15) is 106 Å². The van der Waals surface area contributed by atoms with Crippen molar-refractivity contribution in [3.8, 4) is 5.75 Å². The van der Waals surface area contributed by atoms with E-state index < -0.39 is 259 Å². The summed E-state index contributed by atoms with van der Waals surface area (Å²) in [5, 5.41) is 68.6. The van der Waals surface area contributed by atoms with Crippen molar-refractivity contribution >= 4 is 130 Å². The number of primary amides is 3. The summed E-state index contributed by atoms with van der Waals surface area (Å²) in [6.07, 6.45) is 0.813. The van der Waals surface area contributed by atoms with Crippen LogP contribution in [0.1, 0.15) is 210 Å². The molecule has 0 aliphatic heterocycles. The number of rotatable bonds is 69. The summed E-state index contributed by atoms with van der Waals surface area (Å²) < 4.78 is 0. The molecule has 0 bridgehead atoms. The summed E-state index contributed by atoms with van der Waals surface area (Å²) in [4.78, 5) is 267. The van der Waals surface area contributed by atoms with E-state index >= 15 is 0 Å². The monoisotopic (exact) mass is 1920 g/mol.